The van der Waals surface area contributed by atoms with E-state index in [1.54, 1.807) is 0 Å². The quantitative estimate of drug-likeness (QED) is 0.467. The van der Waals surface area contributed by atoms with Crippen molar-refractivity contribution in [3.8, 4) is 0 Å². The predicted octanol–water partition coefficient (Wildman–Crippen LogP) is 1.11. The van der Waals surface area contributed by atoms with E-state index in [0.29, 0.717) is 12.0 Å². The molecule has 0 saturated carbocycles. The molecule has 0 fully saturated rings. The van der Waals surface area contributed by atoms with Gasteiger partial charge in [-0.3, -0.25) is 0 Å². The Balaban J connectivity index is 2.64. The molecule has 1 aliphatic rings. The molecule has 1 rings (SSSR count). The van der Waals surface area contributed by atoms with Crippen LogP contribution in [0, 0.1) is 5.92 Å². The summed E-state index contributed by atoms with van der Waals surface area (Å²) in [5.41, 5.74) is 0. The van der Waals surface area contributed by atoms with Crippen LogP contribution in [0.4, 0.5) is 0 Å². The van der Waals surface area contributed by atoms with Gasteiger partial charge in [-0.15, -0.1) is 0 Å². The lowest BCUT2D eigenvalue weighted by atomic mass is 10.2. The summed E-state index contributed by atoms with van der Waals surface area (Å²) in [6, 6.07) is 0.506. The van der Waals surface area contributed by atoms with Crippen molar-refractivity contribution in [2.24, 2.45) is 11.0 Å². The largest absolute Gasteiger partial charge is 0.181 e. The van der Waals surface area contributed by atoms with Gasteiger partial charge in [-0.2, -0.15) is 0 Å². The summed E-state index contributed by atoms with van der Waals surface area (Å²) >= 11 is 0. The van der Waals surface area contributed by atoms with Crippen LogP contribution >= 0.6 is 0 Å². The SMILES string of the molecule is CC1C=N[N+](C(C)C)=C1. The molecule has 0 N–H and O–H groups in total. The molecule has 0 aromatic heterocycles. The van der Waals surface area contributed by atoms with Gasteiger partial charge in [0, 0.05) is 0 Å². The molecule has 0 bridgehead atoms. The molecule has 0 aromatic rings. The molecule has 0 spiro atoms. The van der Waals surface area contributed by atoms with Crippen molar-refractivity contribution < 1.29 is 4.68 Å². The summed E-state index contributed by atoms with van der Waals surface area (Å²) in [7, 11) is 0. The number of hydrogen-bond acceptors (Lipinski definition) is 1. The molecule has 2 heteroatoms. The monoisotopic (exact) mass is 125 g/mol. The predicted molar refractivity (Wildman–Crippen MR) is 39.1 cm³/mol. The van der Waals surface area contributed by atoms with Crippen LogP contribution in [0.15, 0.2) is 5.10 Å². The van der Waals surface area contributed by atoms with Gasteiger partial charge in [-0.05, 0) is 25.9 Å². The molecular weight excluding hydrogens is 112 g/mol. The first kappa shape index (κ1) is 6.46. The van der Waals surface area contributed by atoms with Crippen LogP contribution in [0.25, 0.3) is 0 Å². The lowest BCUT2D eigenvalue weighted by Gasteiger charge is -1.92. The number of nitrogens with zero attached hydrogens (tertiary/aromatic N) is 2. The zero-order valence-electron chi connectivity index (χ0n) is 6.20. The Hall–Kier alpha value is -0.660. The van der Waals surface area contributed by atoms with E-state index in [4.69, 9.17) is 0 Å². The second-order valence-corrected chi connectivity index (χ2v) is 2.75. The molecule has 2 nitrogen and oxygen atoms in total. The van der Waals surface area contributed by atoms with E-state index in [9.17, 15) is 0 Å². The van der Waals surface area contributed by atoms with Gasteiger partial charge in [-0.25, -0.2) is 0 Å². The first-order chi connectivity index (χ1) is 4.20. The van der Waals surface area contributed by atoms with Gasteiger partial charge in [0.2, 0.25) is 0 Å². The van der Waals surface area contributed by atoms with E-state index in [1.807, 2.05) is 10.9 Å². The van der Waals surface area contributed by atoms with Crippen molar-refractivity contribution in [1.82, 2.24) is 0 Å². The summed E-state index contributed by atoms with van der Waals surface area (Å²) < 4.78 is 1.99. The third-order valence-corrected chi connectivity index (χ3v) is 1.35. The summed E-state index contributed by atoms with van der Waals surface area (Å²) in [5, 5.41) is 4.17. The van der Waals surface area contributed by atoms with Crippen molar-refractivity contribution in [2.45, 2.75) is 26.8 Å². The summed E-state index contributed by atoms with van der Waals surface area (Å²) in [4.78, 5) is 0. The molecular formula is C7H13N2+. The first-order valence-electron chi connectivity index (χ1n) is 3.37. The average molecular weight is 125 g/mol. The van der Waals surface area contributed by atoms with E-state index >= 15 is 0 Å². The third-order valence-electron chi connectivity index (χ3n) is 1.35. The van der Waals surface area contributed by atoms with Crippen LogP contribution in [0.1, 0.15) is 20.8 Å². The van der Waals surface area contributed by atoms with E-state index in [0.717, 1.165) is 0 Å². The highest BCUT2D eigenvalue weighted by atomic mass is 15.4. The second kappa shape index (κ2) is 2.29. The Morgan fingerprint density at radius 1 is 1.56 bits per heavy atom. The molecule has 0 radical (unpaired) electrons. The summed E-state index contributed by atoms with van der Waals surface area (Å²) in [5.74, 6) is 0.521. The first-order valence-corrected chi connectivity index (χ1v) is 3.37. The van der Waals surface area contributed by atoms with E-state index in [-0.39, 0.29) is 0 Å². The van der Waals surface area contributed by atoms with Gasteiger partial charge >= 0.3 is 0 Å². The Bertz CT molecular complexity index is 156. The highest BCUT2D eigenvalue weighted by Crippen LogP contribution is 1.98. The fourth-order valence-electron chi connectivity index (χ4n) is 0.805. The summed E-state index contributed by atoms with van der Waals surface area (Å²) in [6.45, 7) is 6.39. The van der Waals surface area contributed by atoms with E-state index in [2.05, 4.69) is 32.1 Å². The fourth-order valence-corrected chi connectivity index (χ4v) is 0.805. The van der Waals surface area contributed by atoms with Gasteiger partial charge in [0.1, 0.15) is 0 Å². The van der Waals surface area contributed by atoms with Crippen LogP contribution < -0.4 is 0 Å². The second-order valence-electron chi connectivity index (χ2n) is 2.75. The topological polar surface area (TPSA) is 15.4 Å². The van der Waals surface area contributed by atoms with Crippen molar-refractivity contribution in [3.63, 3.8) is 0 Å². The molecule has 1 unspecified atom stereocenters. The minimum atomic E-state index is 0.506. The van der Waals surface area contributed by atoms with Crippen LogP contribution in [0.5, 0.6) is 0 Å². The molecule has 9 heavy (non-hydrogen) atoms. The highest BCUT2D eigenvalue weighted by molar-refractivity contribution is 5.82. The molecule has 1 heterocycles. The normalized spacial score (nSPS) is 25.3. The van der Waals surface area contributed by atoms with Crippen molar-refractivity contribution in [3.05, 3.63) is 0 Å². The zero-order chi connectivity index (χ0) is 6.85. The maximum absolute atomic E-state index is 4.17. The molecule has 1 aliphatic heterocycles. The molecule has 0 amide bonds. The standard InChI is InChI=1S/C7H13N2/c1-6(2)9-5-7(3)4-8-9/h4-7H,1-3H3/q+1. The number of hydrazone groups is 1. The van der Waals surface area contributed by atoms with Gasteiger partial charge in [-0.1, -0.05) is 4.68 Å². The third kappa shape index (κ3) is 1.37. The van der Waals surface area contributed by atoms with Crippen LogP contribution in [-0.4, -0.2) is 23.2 Å². The average Bonchev–Trinajstić information content (AvgIpc) is 2.14. The van der Waals surface area contributed by atoms with Gasteiger partial charge in [0.25, 0.3) is 0 Å². The minimum absolute atomic E-state index is 0.506. The van der Waals surface area contributed by atoms with E-state index in [1.165, 1.54) is 0 Å². The molecule has 0 aliphatic carbocycles. The molecule has 0 aromatic carbocycles. The Kier molecular flexibility index (Phi) is 1.65. The van der Waals surface area contributed by atoms with Crippen molar-refractivity contribution in [2.75, 3.05) is 0 Å². The van der Waals surface area contributed by atoms with Crippen molar-refractivity contribution >= 4 is 12.4 Å². The maximum atomic E-state index is 4.17. The minimum Gasteiger partial charge on any atom is -0.0929 e. The number of rotatable bonds is 1. The number of hydrogen-bond donors (Lipinski definition) is 0. The van der Waals surface area contributed by atoms with Gasteiger partial charge in [0.15, 0.2) is 12.3 Å². The van der Waals surface area contributed by atoms with E-state index < -0.39 is 0 Å². The fraction of sp³-hybridized carbons (Fsp3) is 0.714. The van der Waals surface area contributed by atoms with Crippen LogP contribution in [0.2, 0.25) is 0 Å². The van der Waals surface area contributed by atoms with Crippen molar-refractivity contribution in [1.29, 1.82) is 0 Å². The molecule has 0 saturated heterocycles. The lowest BCUT2D eigenvalue weighted by molar-refractivity contribution is -0.557. The van der Waals surface area contributed by atoms with Crippen LogP contribution in [-0.2, 0) is 0 Å². The van der Waals surface area contributed by atoms with Gasteiger partial charge in [0.05, 0.1) is 12.1 Å². The van der Waals surface area contributed by atoms with Gasteiger partial charge < -0.3 is 0 Å². The van der Waals surface area contributed by atoms with Crippen LogP contribution in [0.3, 0.4) is 0 Å². The zero-order valence-corrected chi connectivity index (χ0v) is 6.20. The highest BCUT2D eigenvalue weighted by Gasteiger charge is 2.16. The molecule has 1 atom stereocenters. The molecule has 50 valence electrons. The smallest absolute Gasteiger partial charge is 0.0929 e. The lowest BCUT2D eigenvalue weighted by Crippen LogP contribution is -2.13. The summed E-state index contributed by atoms with van der Waals surface area (Å²) in [6.07, 6.45) is 4.09. The Labute approximate surface area is 55.9 Å². The Morgan fingerprint density at radius 2 is 2.22 bits per heavy atom. The Morgan fingerprint density at radius 3 is 2.44 bits per heavy atom. The maximum Gasteiger partial charge on any atom is 0.181 e.